The maximum atomic E-state index is 11.5. The molecule has 176 valence electrons. The first-order valence-electron chi connectivity index (χ1n) is 11.4. The molecule has 3 N–H and O–H groups in total. The van der Waals surface area contributed by atoms with Crippen LogP contribution in [0.4, 0.5) is 11.6 Å². The minimum absolute atomic E-state index is 0.240. The smallest absolute Gasteiger partial charge is 0.326 e. The Labute approximate surface area is 198 Å². The van der Waals surface area contributed by atoms with Crippen LogP contribution < -0.4 is 26.2 Å². The van der Waals surface area contributed by atoms with E-state index in [1.165, 1.54) is 0 Å². The number of H-pyrrole nitrogens is 2. The summed E-state index contributed by atoms with van der Waals surface area (Å²) in [5, 5.41) is 24.5. The molecule has 12 nitrogen and oxygen atoms in total. The van der Waals surface area contributed by atoms with Gasteiger partial charge >= 0.3 is 5.69 Å². The van der Waals surface area contributed by atoms with Gasteiger partial charge in [0.05, 0.1) is 17.8 Å². The van der Waals surface area contributed by atoms with Crippen molar-refractivity contribution in [3.8, 4) is 11.9 Å². The normalized spacial score (nSPS) is 17.3. The predicted octanol–water partition coefficient (Wildman–Crippen LogP) is -0.345. The highest BCUT2D eigenvalue weighted by atomic mass is 16.3. The minimum atomic E-state index is -0.492. The second-order valence-electron chi connectivity index (χ2n) is 8.61. The summed E-state index contributed by atoms with van der Waals surface area (Å²) >= 11 is 0. The monoisotopic (exact) mass is 470 g/mol. The minimum Gasteiger partial charge on any atom is -0.493 e. The molecule has 0 bridgehead atoms. The van der Waals surface area contributed by atoms with Gasteiger partial charge in [0.1, 0.15) is 23.4 Å². The molecule has 4 aromatic rings. The van der Waals surface area contributed by atoms with Crippen LogP contribution in [0.1, 0.15) is 24.1 Å². The van der Waals surface area contributed by atoms with Gasteiger partial charge in [-0.3, -0.25) is 9.98 Å². The molecule has 5 heterocycles. The molecule has 35 heavy (non-hydrogen) atoms. The lowest BCUT2D eigenvalue weighted by Crippen LogP contribution is -2.47. The number of imidazole rings is 1. The summed E-state index contributed by atoms with van der Waals surface area (Å²) in [5.41, 5.74) is 1.64. The van der Waals surface area contributed by atoms with Gasteiger partial charge in [0, 0.05) is 43.7 Å². The Bertz CT molecular complexity index is 1630. The number of fused-ring (bicyclic) bond motifs is 1. The van der Waals surface area contributed by atoms with E-state index in [-0.39, 0.29) is 11.6 Å². The van der Waals surface area contributed by atoms with E-state index in [1.54, 1.807) is 35.1 Å². The standard InChI is InChI=1S/C23H22N10O2/c24-12-14-2-1-5-25-20(14)32-8-6-31(7-9-32)18-11-19(27-16-3-4-16)33-21(29-18)15(13-26-33)10-17-22(34)30-23(35)28-17/h1-2,5,10-11,13,16,34H,3-4,6-9H2,(H2,28,30,35). The first kappa shape index (κ1) is 20.9. The fourth-order valence-electron chi connectivity index (χ4n) is 4.23. The third-order valence-electron chi connectivity index (χ3n) is 6.17. The molecule has 1 saturated carbocycles. The molecule has 0 amide bonds. The number of hydrogen-bond donors (Lipinski definition) is 3. The number of anilines is 2. The number of rotatable bonds is 4. The van der Waals surface area contributed by atoms with Crippen molar-refractivity contribution in [3.63, 3.8) is 0 Å². The van der Waals surface area contributed by atoms with Crippen LogP contribution in [-0.2, 0) is 0 Å². The van der Waals surface area contributed by atoms with E-state index in [1.807, 2.05) is 6.07 Å². The highest BCUT2D eigenvalue weighted by molar-refractivity contribution is 5.59. The van der Waals surface area contributed by atoms with Crippen LogP contribution in [0, 0.1) is 11.3 Å². The van der Waals surface area contributed by atoms with Crippen LogP contribution in [0.5, 0.6) is 5.88 Å². The maximum absolute atomic E-state index is 11.5. The van der Waals surface area contributed by atoms with E-state index in [2.05, 4.69) is 35.9 Å². The second kappa shape index (κ2) is 8.28. The zero-order valence-electron chi connectivity index (χ0n) is 18.7. The van der Waals surface area contributed by atoms with Crippen LogP contribution in [0.2, 0.25) is 0 Å². The van der Waals surface area contributed by atoms with Crippen LogP contribution in [0.3, 0.4) is 0 Å². The van der Waals surface area contributed by atoms with Gasteiger partial charge in [-0.25, -0.2) is 14.8 Å². The number of aromatic hydroxyl groups is 1. The number of nitrogens with zero attached hydrogens (tertiary/aromatic N) is 8. The Morgan fingerprint density at radius 1 is 1.20 bits per heavy atom. The van der Waals surface area contributed by atoms with Gasteiger partial charge in [0.15, 0.2) is 11.1 Å². The topological polar surface area (TPSA) is 155 Å². The molecule has 12 heteroatoms. The molecular weight excluding hydrogens is 448 g/mol. The highest BCUT2D eigenvalue weighted by Crippen LogP contribution is 2.23. The highest BCUT2D eigenvalue weighted by Gasteiger charge is 2.23. The van der Waals surface area contributed by atoms with E-state index in [9.17, 15) is 15.2 Å². The molecule has 0 atom stereocenters. The Morgan fingerprint density at radius 3 is 2.71 bits per heavy atom. The van der Waals surface area contributed by atoms with Crippen molar-refractivity contribution in [2.45, 2.75) is 18.9 Å². The summed E-state index contributed by atoms with van der Waals surface area (Å²) in [5.74, 6) is 1.24. The Morgan fingerprint density at radius 2 is 2.00 bits per heavy atom. The molecule has 1 saturated heterocycles. The summed E-state index contributed by atoms with van der Waals surface area (Å²) in [6.07, 6.45) is 7.10. The van der Waals surface area contributed by atoms with Gasteiger partial charge in [-0.05, 0) is 31.1 Å². The van der Waals surface area contributed by atoms with E-state index in [4.69, 9.17) is 9.98 Å². The van der Waals surface area contributed by atoms with Gasteiger partial charge in [0.2, 0.25) is 5.88 Å². The fourth-order valence-corrected chi connectivity index (χ4v) is 4.23. The molecule has 1 aliphatic heterocycles. The van der Waals surface area contributed by atoms with Crippen molar-refractivity contribution in [2.24, 2.45) is 4.99 Å². The summed E-state index contributed by atoms with van der Waals surface area (Å²) in [7, 11) is 0. The van der Waals surface area contributed by atoms with Crippen molar-refractivity contribution in [3.05, 3.63) is 63.0 Å². The van der Waals surface area contributed by atoms with Crippen molar-refractivity contribution < 1.29 is 5.11 Å². The molecule has 2 fully saturated rings. The van der Waals surface area contributed by atoms with E-state index < -0.39 is 5.69 Å². The molecule has 0 radical (unpaired) electrons. The molecule has 6 rings (SSSR count). The SMILES string of the molecule is N#Cc1cccnc1N1CCN(c2cc(=NC3CC3)n3ncc(=Cc4[nH]c(=O)[nH]c4O)c3n2)CC1. The van der Waals surface area contributed by atoms with Gasteiger partial charge in [0.25, 0.3) is 0 Å². The van der Waals surface area contributed by atoms with Crippen LogP contribution >= 0.6 is 0 Å². The molecular formula is C23H22N10O2. The lowest BCUT2D eigenvalue weighted by Gasteiger charge is -2.36. The molecule has 4 aromatic heterocycles. The van der Waals surface area contributed by atoms with Crippen molar-refractivity contribution in [2.75, 3.05) is 36.0 Å². The van der Waals surface area contributed by atoms with Gasteiger partial charge in [-0.15, -0.1) is 0 Å². The van der Waals surface area contributed by atoms with Crippen LogP contribution in [0.15, 0.2) is 40.4 Å². The number of nitriles is 1. The second-order valence-corrected chi connectivity index (χ2v) is 8.61. The molecule has 0 spiro atoms. The number of piperazine rings is 1. The van der Waals surface area contributed by atoms with E-state index in [0.29, 0.717) is 54.5 Å². The first-order chi connectivity index (χ1) is 17.1. The Hall–Kier alpha value is -4.66. The first-order valence-corrected chi connectivity index (χ1v) is 11.4. The van der Waals surface area contributed by atoms with Crippen LogP contribution in [-0.4, -0.2) is 66.9 Å². The number of aromatic amines is 2. The van der Waals surface area contributed by atoms with Crippen molar-refractivity contribution in [1.29, 1.82) is 5.26 Å². The van der Waals surface area contributed by atoms with Gasteiger partial charge < -0.3 is 19.9 Å². The lowest BCUT2D eigenvalue weighted by molar-refractivity contribution is 0.454. The average Bonchev–Trinajstić information content (AvgIpc) is 3.51. The maximum Gasteiger partial charge on any atom is 0.326 e. The zero-order valence-corrected chi connectivity index (χ0v) is 18.7. The Kier molecular flexibility index (Phi) is 4.95. The van der Waals surface area contributed by atoms with Crippen molar-refractivity contribution >= 4 is 23.4 Å². The third kappa shape index (κ3) is 3.97. The number of nitrogens with one attached hydrogen (secondary N) is 2. The van der Waals surface area contributed by atoms with Gasteiger partial charge in [-0.1, -0.05) is 0 Å². The summed E-state index contributed by atoms with van der Waals surface area (Å²) in [6, 6.07) is 8.01. The largest absolute Gasteiger partial charge is 0.493 e. The van der Waals surface area contributed by atoms with Crippen LogP contribution in [0.25, 0.3) is 11.7 Å². The number of hydrogen-bond acceptors (Lipinski definition) is 9. The summed E-state index contributed by atoms with van der Waals surface area (Å²) < 4.78 is 1.69. The molecule has 2 aliphatic rings. The third-order valence-corrected chi connectivity index (χ3v) is 6.17. The summed E-state index contributed by atoms with van der Waals surface area (Å²) in [6.45, 7) is 2.80. The predicted molar refractivity (Wildman–Crippen MR) is 127 cm³/mol. The number of aromatic nitrogens is 6. The van der Waals surface area contributed by atoms with Gasteiger partial charge in [-0.2, -0.15) is 14.9 Å². The zero-order chi connectivity index (χ0) is 23.9. The van der Waals surface area contributed by atoms with Crippen molar-refractivity contribution in [1.82, 2.24) is 29.5 Å². The summed E-state index contributed by atoms with van der Waals surface area (Å²) in [4.78, 5) is 34.8. The lowest BCUT2D eigenvalue weighted by atomic mass is 10.2. The molecule has 0 unspecified atom stereocenters. The Balaban J connectivity index is 1.37. The average molecular weight is 470 g/mol. The van der Waals surface area contributed by atoms with E-state index >= 15 is 0 Å². The quantitative estimate of drug-likeness (QED) is 0.366. The molecule has 0 aromatic carbocycles. The molecule has 1 aliphatic carbocycles. The fraction of sp³-hybridized carbons (Fsp3) is 0.304. The number of pyridine rings is 1. The van der Waals surface area contributed by atoms with E-state index in [0.717, 1.165) is 24.1 Å².